The lowest BCUT2D eigenvalue weighted by Gasteiger charge is -2.17. The summed E-state index contributed by atoms with van der Waals surface area (Å²) in [6.45, 7) is 4.42. The van der Waals surface area contributed by atoms with Crippen molar-refractivity contribution in [2.75, 3.05) is 13.2 Å². The van der Waals surface area contributed by atoms with Gasteiger partial charge in [-0.25, -0.2) is 4.98 Å². The molecule has 206 valence electrons. The molecule has 0 N–H and O–H groups in total. The van der Waals surface area contributed by atoms with Gasteiger partial charge in [0.2, 0.25) is 0 Å². The summed E-state index contributed by atoms with van der Waals surface area (Å²) < 4.78 is 59.4. The van der Waals surface area contributed by atoms with E-state index in [0.29, 0.717) is 48.7 Å². The van der Waals surface area contributed by atoms with Crippen LogP contribution in [0.4, 0.5) is 13.2 Å². The Balaban J connectivity index is 1.50. The molecule has 2 aromatic heterocycles. The van der Waals surface area contributed by atoms with E-state index in [9.17, 15) is 18.0 Å². The molecule has 0 aliphatic heterocycles. The number of rotatable bonds is 12. The normalized spacial score (nSPS) is 12.3. The monoisotopic (exact) mass is 540 g/mol. The van der Waals surface area contributed by atoms with Crippen molar-refractivity contribution >= 4 is 5.97 Å². The Labute approximate surface area is 225 Å². The van der Waals surface area contributed by atoms with Crippen LogP contribution in [0.5, 0.6) is 5.75 Å². The highest BCUT2D eigenvalue weighted by Gasteiger charge is 2.36. The average molecular weight is 541 g/mol. The van der Waals surface area contributed by atoms with Crippen molar-refractivity contribution in [1.82, 2.24) is 9.55 Å². The number of carbonyl (C=O) groups is 1. The molecule has 0 saturated heterocycles. The highest BCUT2D eigenvalue weighted by Crippen LogP contribution is 2.35. The summed E-state index contributed by atoms with van der Waals surface area (Å²) in [5.41, 5.74) is 1.13. The minimum atomic E-state index is -4.58. The van der Waals surface area contributed by atoms with Crippen LogP contribution in [0.25, 0.3) is 22.7 Å². The molecule has 0 radical (unpaired) electrons. The van der Waals surface area contributed by atoms with Gasteiger partial charge in [0.05, 0.1) is 32.2 Å². The van der Waals surface area contributed by atoms with Gasteiger partial charge in [0.15, 0.2) is 0 Å². The SMILES string of the molecule is CCOC(=O)C[C@H](C)CCCOc1ccccc1Cn1c(C(F)(F)F)cnc1-c1ccc(-c2ccco2)cc1. The van der Waals surface area contributed by atoms with E-state index in [1.54, 1.807) is 67.8 Å². The zero-order valence-corrected chi connectivity index (χ0v) is 21.9. The zero-order valence-electron chi connectivity index (χ0n) is 21.9. The van der Waals surface area contributed by atoms with Crippen LogP contribution in [0.15, 0.2) is 77.5 Å². The van der Waals surface area contributed by atoms with Crippen LogP contribution in [0.1, 0.15) is 44.4 Å². The lowest BCUT2D eigenvalue weighted by Crippen LogP contribution is -2.16. The molecule has 0 aliphatic rings. The van der Waals surface area contributed by atoms with E-state index in [2.05, 4.69) is 4.98 Å². The second kappa shape index (κ2) is 12.7. The van der Waals surface area contributed by atoms with E-state index < -0.39 is 11.9 Å². The standard InChI is InChI=1S/C30H31F3N2O4/c1-3-37-28(36)18-21(2)8-6-16-39-26-10-5-4-9-24(26)20-35-27(30(31,32)33)19-34-29(35)23-14-12-22(13-15-23)25-11-7-17-38-25/h4-5,7,9-15,17,19,21H,3,6,8,16,18,20H2,1-2H3/t21-/m1/s1. The first-order valence-corrected chi connectivity index (χ1v) is 12.9. The number of para-hydroxylation sites is 1. The number of carbonyl (C=O) groups excluding carboxylic acids is 1. The predicted molar refractivity (Wildman–Crippen MR) is 141 cm³/mol. The van der Waals surface area contributed by atoms with Gasteiger partial charge >= 0.3 is 12.1 Å². The van der Waals surface area contributed by atoms with Crippen LogP contribution in [-0.4, -0.2) is 28.7 Å². The molecule has 6 nitrogen and oxygen atoms in total. The summed E-state index contributed by atoms with van der Waals surface area (Å²) in [6.07, 6.45) is -0.347. The maximum absolute atomic E-state index is 14.0. The molecule has 0 bridgehead atoms. The van der Waals surface area contributed by atoms with E-state index >= 15 is 0 Å². The molecule has 2 heterocycles. The number of furan rings is 1. The summed E-state index contributed by atoms with van der Waals surface area (Å²) in [4.78, 5) is 15.8. The number of imidazole rings is 1. The highest BCUT2D eigenvalue weighted by molar-refractivity contribution is 5.69. The predicted octanol–water partition coefficient (Wildman–Crippen LogP) is 7.63. The molecule has 0 spiro atoms. The number of hydrogen-bond acceptors (Lipinski definition) is 5. The topological polar surface area (TPSA) is 66.5 Å². The molecular formula is C30H31F3N2O4. The number of alkyl halides is 3. The number of aromatic nitrogens is 2. The summed E-state index contributed by atoms with van der Waals surface area (Å²) in [7, 11) is 0. The van der Waals surface area contributed by atoms with E-state index in [4.69, 9.17) is 13.9 Å². The third-order valence-corrected chi connectivity index (χ3v) is 6.32. The number of esters is 1. The van der Waals surface area contributed by atoms with E-state index in [-0.39, 0.29) is 24.3 Å². The Kier molecular flexibility index (Phi) is 9.11. The number of ether oxygens (including phenoxy) is 2. The Morgan fingerprint density at radius 3 is 2.49 bits per heavy atom. The Morgan fingerprint density at radius 1 is 1.05 bits per heavy atom. The molecule has 2 aromatic carbocycles. The molecular weight excluding hydrogens is 509 g/mol. The smallest absolute Gasteiger partial charge is 0.433 e. The van der Waals surface area contributed by atoms with Gasteiger partial charge in [-0.1, -0.05) is 49.4 Å². The van der Waals surface area contributed by atoms with Gasteiger partial charge in [-0.2, -0.15) is 13.2 Å². The van der Waals surface area contributed by atoms with E-state index in [0.717, 1.165) is 18.2 Å². The maximum atomic E-state index is 14.0. The highest BCUT2D eigenvalue weighted by atomic mass is 19.4. The van der Waals surface area contributed by atoms with Gasteiger partial charge in [0, 0.05) is 23.1 Å². The second-order valence-electron chi connectivity index (χ2n) is 9.32. The molecule has 4 rings (SSSR count). The lowest BCUT2D eigenvalue weighted by atomic mass is 10.0. The average Bonchev–Trinajstić information content (AvgIpc) is 3.58. The van der Waals surface area contributed by atoms with Crippen LogP contribution < -0.4 is 4.74 Å². The molecule has 39 heavy (non-hydrogen) atoms. The van der Waals surface area contributed by atoms with Crippen molar-refractivity contribution in [2.45, 2.75) is 45.8 Å². The fraction of sp³-hybridized carbons (Fsp3) is 0.333. The number of nitrogens with zero attached hydrogens (tertiary/aromatic N) is 2. The van der Waals surface area contributed by atoms with E-state index in [1.807, 2.05) is 13.0 Å². The largest absolute Gasteiger partial charge is 0.493 e. The van der Waals surface area contributed by atoms with Crippen LogP contribution in [0, 0.1) is 5.92 Å². The third kappa shape index (κ3) is 7.31. The van der Waals surface area contributed by atoms with Gasteiger partial charge < -0.3 is 18.5 Å². The molecule has 0 fully saturated rings. The number of benzene rings is 2. The second-order valence-corrected chi connectivity index (χ2v) is 9.32. The van der Waals surface area contributed by atoms with Crippen molar-refractivity contribution in [2.24, 2.45) is 5.92 Å². The Morgan fingerprint density at radius 2 is 1.79 bits per heavy atom. The van der Waals surface area contributed by atoms with Gasteiger partial charge in [0.25, 0.3) is 0 Å². The first-order valence-electron chi connectivity index (χ1n) is 12.9. The van der Waals surface area contributed by atoms with Crippen molar-refractivity contribution in [3.63, 3.8) is 0 Å². The van der Waals surface area contributed by atoms with E-state index in [1.165, 1.54) is 4.57 Å². The van der Waals surface area contributed by atoms with Crippen molar-refractivity contribution < 1.29 is 31.9 Å². The number of hydrogen-bond donors (Lipinski definition) is 0. The summed E-state index contributed by atoms with van der Waals surface area (Å²) in [5.74, 6) is 1.31. The van der Waals surface area contributed by atoms with Crippen LogP contribution in [0.2, 0.25) is 0 Å². The van der Waals surface area contributed by atoms with Crippen molar-refractivity contribution in [1.29, 1.82) is 0 Å². The van der Waals surface area contributed by atoms with Gasteiger partial charge in [0.1, 0.15) is 23.0 Å². The fourth-order valence-corrected chi connectivity index (χ4v) is 4.38. The number of halogens is 3. The molecule has 1 atom stereocenters. The first-order chi connectivity index (χ1) is 18.8. The third-order valence-electron chi connectivity index (χ3n) is 6.32. The first kappa shape index (κ1) is 28.0. The van der Waals surface area contributed by atoms with Crippen LogP contribution in [-0.2, 0) is 22.3 Å². The quantitative estimate of drug-likeness (QED) is 0.137. The molecule has 0 unspecified atom stereocenters. The zero-order chi connectivity index (χ0) is 27.8. The molecule has 0 amide bonds. The molecule has 0 aliphatic carbocycles. The minimum absolute atomic E-state index is 0.0699. The summed E-state index contributed by atoms with van der Waals surface area (Å²) in [5, 5.41) is 0. The fourth-order valence-electron chi connectivity index (χ4n) is 4.38. The molecule has 0 saturated carbocycles. The maximum Gasteiger partial charge on any atom is 0.433 e. The van der Waals surface area contributed by atoms with Gasteiger partial charge in [-0.15, -0.1) is 0 Å². The van der Waals surface area contributed by atoms with Gasteiger partial charge in [-0.05, 0) is 43.9 Å². The van der Waals surface area contributed by atoms with Gasteiger partial charge in [-0.3, -0.25) is 4.79 Å². The Hall–Kier alpha value is -4.01. The molecule has 4 aromatic rings. The summed E-state index contributed by atoms with van der Waals surface area (Å²) >= 11 is 0. The van der Waals surface area contributed by atoms with Crippen LogP contribution in [0.3, 0.4) is 0 Å². The van der Waals surface area contributed by atoms with Crippen molar-refractivity contribution in [3.8, 4) is 28.5 Å². The van der Waals surface area contributed by atoms with Crippen molar-refractivity contribution in [3.05, 3.63) is 84.4 Å². The summed E-state index contributed by atoms with van der Waals surface area (Å²) in [6, 6.07) is 17.7. The lowest BCUT2D eigenvalue weighted by molar-refractivity contribution is -0.144. The molecule has 9 heteroatoms. The van der Waals surface area contributed by atoms with Crippen LogP contribution >= 0.6 is 0 Å². The minimum Gasteiger partial charge on any atom is -0.493 e. The Bertz CT molecular complexity index is 1350.